The number of nitrogens with one attached hydrogen (secondary N) is 1. The third-order valence-corrected chi connectivity index (χ3v) is 3.68. The molecular weight excluding hydrogens is 308 g/mol. The molecule has 1 aliphatic heterocycles. The number of rotatable bonds is 3. The van der Waals surface area contributed by atoms with Crippen LogP contribution in [-0.4, -0.2) is 45.7 Å². The SMILES string of the molecule is CC(C)c1nnc([C@@H]2CN(C(=O)c3cc(Cl)c[nH]3)CCO2)o1. The van der Waals surface area contributed by atoms with Crippen LogP contribution in [0, 0.1) is 0 Å². The maximum Gasteiger partial charge on any atom is 0.270 e. The highest BCUT2D eigenvalue weighted by atomic mass is 35.5. The lowest BCUT2D eigenvalue weighted by Crippen LogP contribution is -2.42. The lowest BCUT2D eigenvalue weighted by atomic mass is 10.2. The zero-order valence-corrected chi connectivity index (χ0v) is 13.1. The summed E-state index contributed by atoms with van der Waals surface area (Å²) < 4.78 is 11.3. The summed E-state index contributed by atoms with van der Waals surface area (Å²) in [6, 6.07) is 1.61. The van der Waals surface area contributed by atoms with Crippen LogP contribution in [0.2, 0.25) is 5.02 Å². The van der Waals surface area contributed by atoms with E-state index in [0.29, 0.717) is 42.2 Å². The van der Waals surface area contributed by atoms with Gasteiger partial charge in [-0.05, 0) is 6.07 Å². The fraction of sp³-hybridized carbons (Fsp3) is 0.500. The molecule has 0 spiro atoms. The molecule has 0 unspecified atom stereocenters. The van der Waals surface area contributed by atoms with E-state index < -0.39 is 6.10 Å². The Labute approximate surface area is 132 Å². The number of morpholine rings is 1. The van der Waals surface area contributed by atoms with Gasteiger partial charge in [0, 0.05) is 18.7 Å². The number of halogens is 1. The van der Waals surface area contributed by atoms with Crippen molar-refractivity contribution in [3.63, 3.8) is 0 Å². The van der Waals surface area contributed by atoms with E-state index in [0.717, 1.165) is 0 Å². The summed E-state index contributed by atoms with van der Waals surface area (Å²) in [6.45, 7) is 5.25. The van der Waals surface area contributed by atoms with Crippen molar-refractivity contribution in [3.05, 3.63) is 34.8 Å². The van der Waals surface area contributed by atoms with Gasteiger partial charge in [0.1, 0.15) is 5.69 Å². The molecule has 0 bridgehead atoms. The summed E-state index contributed by atoms with van der Waals surface area (Å²) >= 11 is 5.84. The number of hydrogen-bond acceptors (Lipinski definition) is 5. The van der Waals surface area contributed by atoms with Crippen LogP contribution in [0.4, 0.5) is 0 Å². The molecule has 0 saturated carbocycles. The van der Waals surface area contributed by atoms with Crippen molar-refractivity contribution in [2.24, 2.45) is 0 Å². The zero-order valence-electron chi connectivity index (χ0n) is 12.4. The van der Waals surface area contributed by atoms with E-state index in [1.807, 2.05) is 13.8 Å². The number of nitrogens with zero attached hydrogens (tertiary/aromatic N) is 3. The number of H-pyrrole nitrogens is 1. The molecule has 8 heteroatoms. The van der Waals surface area contributed by atoms with Crippen LogP contribution >= 0.6 is 11.6 Å². The fourth-order valence-electron chi connectivity index (χ4n) is 2.25. The Morgan fingerprint density at radius 3 is 2.95 bits per heavy atom. The van der Waals surface area contributed by atoms with Gasteiger partial charge in [0.2, 0.25) is 11.8 Å². The van der Waals surface area contributed by atoms with Crippen molar-refractivity contribution >= 4 is 17.5 Å². The summed E-state index contributed by atoms with van der Waals surface area (Å²) in [7, 11) is 0. The van der Waals surface area contributed by atoms with Crippen molar-refractivity contribution in [2.75, 3.05) is 19.7 Å². The number of aromatic amines is 1. The molecule has 1 fully saturated rings. The average molecular weight is 325 g/mol. The summed E-state index contributed by atoms with van der Waals surface area (Å²) in [5, 5.41) is 8.53. The summed E-state index contributed by atoms with van der Waals surface area (Å²) in [5.41, 5.74) is 0.457. The van der Waals surface area contributed by atoms with E-state index in [1.54, 1.807) is 17.2 Å². The molecule has 118 valence electrons. The monoisotopic (exact) mass is 324 g/mol. The van der Waals surface area contributed by atoms with Gasteiger partial charge in [-0.25, -0.2) is 0 Å². The molecular formula is C14H17ClN4O3. The number of carbonyl (C=O) groups is 1. The van der Waals surface area contributed by atoms with Crippen molar-refractivity contribution in [1.82, 2.24) is 20.1 Å². The number of aromatic nitrogens is 3. The number of amides is 1. The molecule has 2 aromatic rings. The maximum absolute atomic E-state index is 12.4. The van der Waals surface area contributed by atoms with Crippen LogP contribution in [0.1, 0.15) is 48.1 Å². The van der Waals surface area contributed by atoms with Crippen LogP contribution in [-0.2, 0) is 4.74 Å². The lowest BCUT2D eigenvalue weighted by molar-refractivity contribution is -0.0352. The van der Waals surface area contributed by atoms with E-state index in [4.69, 9.17) is 20.8 Å². The molecule has 1 atom stereocenters. The van der Waals surface area contributed by atoms with Gasteiger partial charge >= 0.3 is 0 Å². The largest absolute Gasteiger partial charge is 0.422 e. The molecule has 3 rings (SSSR count). The normalized spacial score (nSPS) is 18.9. The van der Waals surface area contributed by atoms with Crippen molar-refractivity contribution in [1.29, 1.82) is 0 Å². The van der Waals surface area contributed by atoms with Crippen LogP contribution in [0.5, 0.6) is 0 Å². The highest BCUT2D eigenvalue weighted by Gasteiger charge is 2.30. The molecule has 0 aromatic carbocycles. The van der Waals surface area contributed by atoms with Gasteiger partial charge in [0.25, 0.3) is 5.91 Å². The fourth-order valence-corrected chi connectivity index (χ4v) is 2.42. The van der Waals surface area contributed by atoms with E-state index in [2.05, 4.69) is 15.2 Å². The van der Waals surface area contributed by atoms with E-state index in [9.17, 15) is 4.79 Å². The first-order chi connectivity index (χ1) is 10.5. The molecule has 1 aliphatic rings. The summed E-state index contributed by atoms with van der Waals surface area (Å²) in [5.74, 6) is 1.01. The molecule has 7 nitrogen and oxygen atoms in total. The Hall–Kier alpha value is -1.86. The second-order valence-electron chi connectivity index (χ2n) is 5.48. The van der Waals surface area contributed by atoms with Crippen molar-refractivity contribution < 1.29 is 13.9 Å². The molecule has 22 heavy (non-hydrogen) atoms. The zero-order chi connectivity index (χ0) is 15.7. The Kier molecular flexibility index (Phi) is 4.17. The van der Waals surface area contributed by atoms with Gasteiger partial charge in [-0.3, -0.25) is 4.79 Å². The molecule has 0 radical (unpaired) electrons. The predicted molar refractivity (Wildman–Crippen MR) is 78.8 cm³/mol. The third-order valence-electron chi connectivity index (χ3n) is 3.46. The first-order valence-corrected chi connectivity index (χ1v) is 7.50. The first-order valence-electron chi connectivity index (χ1n) is 7.12. The van der Waals surface area contributed by atoms with E-state index in [1.165, 1.54) is 0 Å². The molecule has 1 amide bonds. The summed E-state index contributed by atoms with van der Waals surface area (Å²) in [6.07, 6.45) is 1.18. The van der Waals surface area contributed by atoms with Gasteiger partial charge in [0.05, 0.1) is 18.2 Å². The molecule has 2 aromatic heterocycles. The lowest BCUT2D eigenvalue weighted by Gasteiger charge is -2.30. The average Bonchev–Trinajstić information content (AvgIpc) is 3.15. The topological polar surface area (TPSA) is 84.2 Å². The Balaban J connectivity index is 1.72. The number of carbonyl (C=O) groups excluding carboxylic acids is 1. The van der Waals surface area contributed by atoms with Crippen molar-refractivity contribution in [3.8, 4) is 0 Å². The van der Waals surface area contributed by atoms with Gasteiger partial charge in [-0.15, -0.1) is 10.2 Å². The Morgan fingerprint density at radius 2 is 2.32 bits per heavy atom. The second-order valence-corrected chi connectivity index (χ2v) is 5.91. The van der Waals surface area contributed by atoms with Crippen LogP contribution in [0.15, 0.2) is 16.7 Å². The Bertz CT molecular complexity index is 667. The minimum atomic E-state index is -0.400. The van der Waals surface area contributed by atoms with Gasteiger partial charge in [-0.1, -0.05) is 25.4 Å². The Morgan fingerprint density at radius 1 is 1.50 bits per heavy atom. The van der Waals surface area contributed by atoms with Crippen LogP contribution in [0.3, 0.4) is 0 Å². The van der Waals surface area contributed by atoms with Gasteiger partial charge < -0.3 is 19.0 Å². The quantitative estimate of drug-likeness (QED) is 0.937. The van der Waals surface area contributed by atoms with Gasteiger partial charge in [-0.2, -0.15) is 0 Å². The first kappa shape index (κ1) is 15.1. The third kappa shape index (κ3) is 3.00. The highest BCUT2D eigenvalue weighted by molar-refractivity contribution is 6.30. The van der Waals surface area contributed by atoms with E-state index >= 15 is 0 Å². The predicted octanol–water partition coefficient (Wildman–Crippen LogP) is 2.39. The van der Waals surface area contributed by atoms with Crippen LogP contribution < -0.4 is 0 Å². The molecule has 1 saturated heterocycles. The van der Waals surface area contributed by atoms with Crippen molar-refractivity contribution in [2.45, 2.75) is 25.9 Å². The van der Waals surface area contributed by atoms with Crippen LogP contribution in [0.25, 0.3) is 0 Å². The summed E-state index contributed by atoms with van der Waals surface area (Å²) in [4.78, 5) is 17.0. The molecule has 3 heterocycles. The smallest absolute Gasteiger partial charge is 0.270 e. The second kappa shape index (κ2) is 6.10. The minimum absolute atomic E-state index is 0.121. The minimum Gasteiger partial charge on any atom is -0.422 e. The number of hydrogen-bond donors (Lipinski definition) is 1. The van der Waals surface area contributed by atoms with E-state index in [-0.39, 0.29) is 11.8 Å². The van der Waals surface area contributed by atoms with Gasteiger partial charge in [0.15, 0.2) is 6.10 Å². The standard InChI is InChI=1S/C14H17ClN4O3/c1-8(2)12-17-18-13(22-12)11-7-19(3-4-21-11)14(20)10-5-9(15)6-16-10/h5-6,8,11,16H,3-4,7H2,1-2H3/t11-/m0/s1. The number of ether oxygens (including phenoxy) is 1. The molecule has 0 aliphatic carbocycles. The maximum atomic E-state index is 12.4. The molecule has 1 N–H and O–H groups in total. The highest BCUT2D eigenvalue weighted by Crippen LogP contribution is 2.24.